The Morgan fingerprint density at radius 2 is 1.78 bits per heavy atom. The summed E-state index contributed by atoms with van der Waals surface area (Å²) in [4.78, 5) is 8.66. The highest BCUT2D eigenvalue weighted by Gasteiger charge is 2.47. The van der Waals surface area contributed by atoms with Crippen molar-refractivity contribution in [3.63, 3.8) is 0 Å². The molecule has 3 rings (SSSR count). The van der Waals surface area contributed by atoms with Gasteiger partial charge in [0.25, 0.3) is 0 Å². The third-order valence-corrected chi connectivity index (χ3v) is 5.96. The smallest absolute Gasteiger partial charge is 0.215 e. The standard InChI is InChI=1S/C17H21N3O2S/c1-12-10-13(2)20-17(19-12)8-9-18-23(21,22)16-11-15(16)14-6-4-3-5-7-14/h3-7,10,15-16,18H,8-9,11H2,1-2H3. The lowest BCUT2D eigenvalue weighted by Gasteiger charge is -2.07. The number of aryl methyl sites for hydroxylation is 2. The minimum absolute atomic E-state index is 0.117. The lowest BCUT2D eigenvalue weighted by Crippen LogP contribution is -2.30. The minimum atomic E-state index is -3.28. The maximum absolute atomic E-state index is 12.3. The van der Waals surface area contributed by atoms with Gasteiger partial charge in [-0.3, -0.25) is 0 Å². The number of sulfonamides is 1. The van der Waals surface area contributed by atoms with Gasteiger partial charge in [-0.25, -0.2) is 23.1 Å². The van der Waals surface area contributed by atoms with Crippen molar-refractivity contribution in [1.29, 1.82) is 0 Å². The maximum Gasteiger partial charge on any atom is 0.215 e. The predicted octanol–water partition coefficient (Wildman–Crippen LogP) is 2.11. The second-order valence-electron chi connectivity index (χ2n) is 6.05. The summed E-state index contributed by atoms with van der Waals surface area (Å²) in [7, 11) is -3.28. The van der Waals surface area contributed by atoms with Crippen LogP contribution >= 0.6 is 0 Å². The molecule has 1 N–H and O–H groups in total. The van der Waals surface area contributed by atoms with Gasteiger partial charge in [-0.05, 0) is 31.9 Å². The second kappa shape index (κ2) is 6.37. The van der Waals surface area contributed by atoms with E-state index in [0.29, 0.717) is 25.2 Å². The molecule has 0 amide bonds. The summed E-state index contributed by atoms with van der Waals surface area (Å²) in [5.74, 6) is 0.798. The molecule has 6 heteroatoms. The summed E-state index contributed by atoms with van der Waals surface area (Å²) < 4.78 is 27.4. The Balaban J connectivity index is 1.56. The van der Waals surface area contributed by atoms with Gasteiger partial charge in [-0.2, -0.15) is 0 Å². The van der Waals surface area contributed by atoms with Gasteiger partial charge in [0, 0.05) is 30.3 Å². The molecule has 5 nitrogen and oxygen atoms in total. The van der Waals surface area contributed by atoms with Crippen LogP contribution in [-0.4, -0.2) is 30.2 Å². The Morgan fingerprint density at radius 3 is 2.43 bits per heavy atom. The van der Waals surface area contributed by atoms with Gasteiger partial charge in [0.05, 0.1) is 5.25 Å². The van der Waals surface area contributed by atoms with Gasteiger partial charge in [-0.1, -0.05) is 30.3 Å². The number of benzene rings is 1. The van der Waals surface area contributed by atoms with Crippen LogP contribution in [0.1, 0.15) is 35.1 Å². The van der Waals surface area contributed by atoms with E-state index >= 15 is 0 Å². The van der Waals surface area contributed by atoms with E-state index in [0.717, 1.165) is 17.0 Å². The van der Waals surface area contributed by atoms with E-state index in [9.17, 15) is 8.42 Å². The zero-order valence-corrected chi connectivity index (χ0v) is 14.2. The lowest BCUT2D eigenvalue weighted by molar-refractivity contribution is 0.578. The van der Waals surface area contributed by atoms with Gasteiger partial charge < -0.3 is 0 Å². The number of nitrogens with one attached hydrogen (secondary N) is 1. The van der Waals surface area contributed by atoms with Gasteiger partial charge >= 0.3 is 0 Å². The fourth-order valence-electron chi connectivity index (χ4n) is 2.89. The summed E-state index contributed by atoms with van der Waals surface area (Å²) in [6.07, 6.45) is 1.20. The summed E-state index contributed by atoms with van der Waals surface area (Å²) >= 11 is 0. The molecular weight excluding hydrogens is 310 g/mol. The highest BCUT2D eigenvalue weighted by Crippen LogP contribution is 2.45. The van der Waals surface area contributed by atoms with Gasteiger partial charge in [0.1, 0.15) is 5.82 Å². The van der Waals surface area contributed by atoms with Crippen LogP contribution in [0.2, 0.25) is 0 Å². The van der Waals surface area contributed by atoms with Crippen LogP contribution in [-0.2, 0) is 16.4 Å². The van der Waals surface area contributed by atoms with Crippen molar-refractivity contribution < 1.29 is 8.42 Å². The zero-order valence-electron chi connectivity index (χ0n) is 13.4. The molecule has 0 spiro atoms. The summed E-state index contributed by atoms with van der Waals surface area (Å²) in [5, 5.41) is -0.315. The first kappa shape index (κ1) is 16.1. The summed E-state index contributed by atoms with van der Waals surface area (Å²) in [5.41, 5.74) is 2.91. The molecule has 0 bridgehead atoms. The van der Waals surface area contributed by atoms with E-state index in [1.807, 2.05) is 50.2 Å². The average Bonchev–Trinajstić information content (AvgIpc) is 3.28. The summed E-state index contributed by atoms with van der Waals surface area (Å²) in [6.45, 7) is 4.16. The van der Waals surface area contributed by atoms with Crippen LogP contribution in [0, 0.1) is 13.8 Å². The normalized spacial score (nSPS) is 20.4. The Morgan fingerprint density at radius 1 is 1.13 bits per heavy atom. The second-order valence-corrected chi connectivity index (χ2v) is 8.03. The SMILES string of the molecule is Cc1cc(C)nc(CCNS(=O)(=O)C2CC2c2ccccc2)n1. The third kappa shape index (κ3) is 3.95. The quantitative estimate of drug-likeness (QED) is 0.880. The number of aromatic nitrogens is 2. The molecule has 1 saturated carbocycles. The molecule has 0 saturated heterocycles. The third-order valence-electron chi connectivity index (χ3n) is 4.04. The monoisotopic (exact) mass is 331 g/mol. The molecule has 122 valence electrons. The first-order valence-electron chi connectivity index (χ1n) is 7.80. The van der Waals surface area contributed by atoms with Crippen molar-refractivity contribution in [1.82, 2.24) is 14.7 Å². The van der Waals surface area contributed by atoms with Crippen LogP contribution < -0.4 is 4.72 Å². The van der Waals surface area contributed by atoms with Crippen LogP contribution in [0.4, 0.5) is 0 Å². The zero-order chi connectivity index (χ0) is 16.4. The molecule has 0 aliphatic heterocycles. The first-order valence-corrected chi connectivity index (χ1v) is 9.35. The van der Waals surface area contributed by atoms with Crippen molar-refractivity contribution in [3.8, 4) is 0 Å². The van der Waals surface area contributed by atoms with Crippen molar-refractivity contribution in [2.75, 3.05) is 6.54 Å². The minimum Gasteiger partial charge on any atom is -0.238 e. The topological polar surface area (TPSA) is 72.0 Å². The molecular formula is C17H21N3O2S. The highest BCUT2D eigenvalue weighted by molar-refractivity contribution is 7.90. The number of rotatable bonds is 6. The van der Waals surface area contributed by atoms with E-state index < -0.39 is 10.0 Å². The van der Waals surface area contributed by atoms with Crippen molar-refractivity contribution in [2.24, 2.45) is 0 Å². The molecule has 0 radical (unpaired) electrons. The van der Waals surface area contributed by atoms with Crippen molar-refractivity contribution in [2.45, 2.75) is 37.9 Å². The van der Waals surface area contributed by atoms with Crippen LogP contribution in [0.3, 0.4) is 0 Å². The summed E-state index contributed by atoms with van der Waals surface area (Å²) in [6, 6.07) is 11.7. The van der Waals surface area contributed by atoms with Crippen molar-refractivity contribution in [3.05, 3.63) is 59.2 Å². The molecule has 1 aromatic heterocycles. The number of hydrogen-bond donors (Lipinski definition) is 1. The van der Waals surface area contributed by atoms with Gasteiger partial charge in [0.15, 0.2) is 0 Å². The molecule has 23 heavy (non-hydrogen) atoms. The Hall–Kier alpha value is -1.79. The molecule has 2 unspecified atom stereocenters. The predicted molar refractivity (Wildman–Crippen MR) is 89.7 cm³/mol. The first-order chi connectivity index (χ1) is 11.0. The van der Waals surface area contributed by atoms with E-state index in [4.69, 9.17) is 0 Å². The van der Waals surface area contributed by atoms with Crippen LogP contribution in [0.25, 0.3) is 0 Å². The van der Waals surface area contributed by atoms with Crippen LogP contribution in [0.15, 0.2) is 36.4 Å². The Bertz CT molecular complexity index is 770. The molecule has 1 heterocycles. The number of nitrogens with zero attached hydrogens (tertiary/aromatic N) is 2. The van der Waals surface area contributed by atoms with Crippen molar-refractivity contribution >= 4 is 10.0 Å². The van der Waals surface area contributed by atoms with E-state index in [2.05, 4.69) is 14.7 Å². The molecule has 2 aromatic rings. The van der Waals surface area contributed by atoms with E-state index in [-0.39, 0.29) is 11.2 Å². The number of hydrogen-bond acceptors (Lipinski definition) is 4. The molecule has 2 atom stereocenters. The van der Waals surface area contributed by atoms with Gasteiger partial charge in [-0.15, -0.1) is 0 Å². The van der Waals surface area contributed by atoms with E-state index in [1.54, 1.807) is 0 Å². The largest absolute Gasteiger partial charge is 0.238 e. The highest BCUT2D eigenvalue weighted by atomic mass is 32.2. The Labute approximate surface area is 137 Å². The average molecular weight is 331 g/mol. The maximum atomic E-state index is 12.3. The lowest BCUT2D eigenvalue weighted by atomic mass is 10.1. The fourth-order valence-corrected chi connectivity index (χ4v) is 4.54. The van der Waals surface area contributed by atoms with E-state index in [1.165, 1.54) is 0 Å². The van der Waals surface area contributed by atoms with Gasteiger partial charge in [0.2, 0.25) is 10.0 Å². The fraction of sp³-hybridized carbons (Fsp3) is 0.412. The molecule has 1 aliphatic carbocycles. The van der Waals surface area contributed by atoms with Crippen LogP contribution in [0.5, 0.6) is 0 Å². The molecule has 1 aromatic carbocycles. The molecule has 1 aliphatic rings. The Kier molecular flexibility index (Phi) is 4.46. The molecule has 1 fully saturated rings.